The van der Waals surface area contributed by atoms with Crippen LogP contribution in [0.4, 0.5) is 0 Å². The molecule has 0 aromatic carbocycles. The summed E-state index contributed by atoms with van der Waals surface area (Å²) in [5, 5.41) is 0. The summed E-state index contributed by atoms with van der Waals surface area (Å²) in [7, 11) is 0. The Morgan fingerprint density at radius 2 is 2.00 bits per heavy atom. The van der Waals surface area contributed by atoms with Gasteiger partial charge >= 0.3 is 0 Å². The third-order valence-electron chi connectivity index (χ3n) is 2.42. The molecule has 1 aliphatic rings. The molecule has 1 aliphatic heterocycles. The normalized spacial score (nSPS) is 16.8. The molecule has 1 aromatic rings. The van der Waals surface area contributed by atoms with Crippen molar-refractivity contribution >= 4 is 0 Å². The second-order valence-electron chi connectivity index (χ2n) is 3.57. The van der Waals surface area contributed by atoms with Gasteiger partial charge in [0.25, 0.3) is 0 Å². The second-order valence-corrected chi connectivity index (χ2v) is 3.57. The van der Waals surface area contributed by atoms with Gasteiger partial charge in [-0.3, -0.25) is 4.90 Å². The number of H-pyrrole nitrogens is 1. The predicted molar refractivity (Wildman–Crippen MR) is 49.8 cm³/mol. The van der Waals surface area contributed by atoms with E-state index in [1.165, 1.54) is 30.8 Å². The first-order valence-corrected chi connectivity index (χ1v) is 4.77. The van der Waals surface area contributed by atoms with Crippen LogP contribution in [0.1, 0.15) is 31.2 Å². The Morgan fingerprint density at radius 3 is 2.58 bits per heavy atom. The Hall–Kier alpha value is -0.760. The molecular weight excluding hydrogens is 148 g/mol. The van der Waals surface area contributed by atoms with Gasteiger partial charge in [-0.15, -0.1) is 0 Å². The first kappa shape index (κ1) is 7.87. The molecule has 2 bridgehead atoms. The van der Waals surface area contributed by atoms with E-state index in [9.17, 15) is 0 Å². The average Bonchev–Trinajstić information content (AvgIpc) is 2.42. The van der Waals surface area contributed by atoms with Crippen molar-refractivity contribution in [3.8, 4) is 0 Å². The molecule has 1 N–H and O–H groups in total. The molecule has 0 unspecified atom stereocenters. The lowest BCUT2D eigenvalue weighted by atomic mass is 10.3. The molecule has 2 heteroatoms. The van der Waals surface area contributed by atoms with Crippen molar-refractivity contribution in [3.63, 3.8) is 0 Å². The number of fused-ring (bicyclic) bond motifs is 2. The van der Waals surface area contributed by atoms with E-state index in [1.807, 2.05) is 0 Å². The molecule has 0 saturated heterocycles. The molecule has 2 heterocycles. The summed E-state index contributed by atoms with van der Waals surface area (Å²) in [4.78, 5) is 5.88. The van der Waals surface area contributed by atoms with Gasteiger partial charge in [0, 0.05) is 24.5 Å². The van der Waals surface area contributed by atoms with E-state index < -0.39 is 0 Å². The van der Waals surface area contributed by atoms with E-state index in [0.29, 0.717) is 0 Å². The highest BCUT2D eigenvalue weighted by molar-refractivity contribution is 5.16. The molecule has 0 amide bonds. The molecule has 2 rings (SSSR count). The summed E-state index contributed by atoms with van der Waals surface area (Å²) < 4.78 is 0. The van der Waals surface area contributed by atoms with Gasteiger partial charge < -0.3 is 4.98 Å². The maximum Gasteiger partial charge on any atom is 0.0389 e. The third kappa shape index (κ3) is 1.53. The van der Waals surface area contributed by atoms with Gasteiger partial charge in [-0.1, -0.05) is 13.3 Å². The van der Waals surface area contributed by atoms with Crippen LogP contribution in [0, 0.1) is 0 Å². The summed E-state index contributed by atoms with van der Waals surface area (Å²) in [6, 6.07) is 4.39. The predicted octanol–water partition coefficient (Wildman–Crippen LogP) is 2.13. The first-order chi connectivity index (χ1) is 5.88. The molecule has 0 saturated carbocycles. The van der Waals surface area contributed by atoms with Gasteiger partial charge in [-0.2, -0.15) is 0 Å². The second kappa shape index (κ2) is 3.31. The number of nitrogens with zero attached hydrogens (tertiary/aromatic N) is 1. The smallest absolute Gasteiger partial charge is 0.0389 e. The van der Waals surface area contributed by atoms with E-state index in [4.69, 9.17) is 0 Å². The monoisotopic (exact) mass is 164 g/mol. The average molecular weight is 164 g/mol. The lowest BCUT2D eigenvalue weighted by Crippen LogP contribution is -2.26. The van der Waals surface area contributed by atoms with E-state index in [0.717, 1.165) is 13.1 Å². The van der Waals surface area contributed by atoms with Crippen LogP contribution in [-0.4, -0.2) is 16.4 Å². The van der Waals surface area contributed by atoms with Crippen molar-refractivity contribution in [2.24, 2.45) is 0 Å². The van der Waals surface area contributed by atoms with Gasteiger partial charge in [-0.05, 0) is 25.1 Å². The van der Waals surface area contributed by atoms with Gasteiger partial charge in [0.2, 0.25) is 0 Å². The molecule has 0 spiro atoms. The molecule has 0 atom stereocenters. The Bertz CT molecular complexity index is 232. The van der Waals surface area contributed by atoms with Gasteiger partial charge in [0.15, 0.2) is 0 Å². The largest absolute Gasteiger partial charge is 0.360 e. The molecule has 0 fully saturated rings. The van der Waals surface area contributed by atoms with Gasteiger partial charge in [0.1, 0.15) is 0 Å². The number of rotatable bonds is 3. The van der Waals surface area contributed by atoms with Crippen LogP contribution in [0.2, 0.25) is 0 Å². The van der Waals surface area contributed by atoms with Crippen LogP contribution < -0.4 is 0 Å². The quantitative estimate of drug-likeness (QED) is 0.725. The summed E-state index contributed by atoms with van der Waals surface area (Å²) in [6.07, 6.45) is 2.61. The third-order valence-corrected chi connectivity index (χ3v) is 2.42. The van der Waals surface area contributed by atoms with Crippen molar-refractivity contribution in [1.29, 1.82) is 0 Å². The Labute approximate surface area is 73.6 Å². The van der Waals surface area contributed by atoms with Crippen molar-refractivity contribution in [1.82, 2.24) is 9.88 Å². The van der Waals surface area contributed by atoms with Crippen molar-refractivity contribution in [3.05, 3.63) is 23.5 Å². The minimum absolute atomic E-state index is 1.11. The zero-order valence-electron chi connectivity index (χ0n) is 7.64. The zero-order chi connectivity index (χ0) is 8.39. The molecular formula is C10H16N2. The molecule has 1 aromatic heterocycles. The number of unbranched alkanes of at least 4 members (excludes halogenated alkanes) is 1. The first-order valence-electron chi connectivity index (χ1n) is 4.77. The van der Waals surface area contributed by atoms with E-state index >= 15 is 0 Å². The number of aromatic amines is 1. The minimum Gasteiger partial charge on any atom is -0.360 e. The van der Waals surface area contributed by atoms with Crippen LogP contribution in [-0.2, 0) is 13.1 Å². The van der Waals surface area contributed by atoms with E-state index in [2.05, 4.69) is 28.9 Å². The topological polar surface area (TPSA) is 19.0 Å². The van der Waals surface area contributed by atoms with Crippen molar-refractivity contribution in [2.45, 2.75) is 32.9 Å². The summed E-state index contributed by atoms with van der Waals surface area (Å²) in [6.45, 7) is 5.71. The fraction of sp³-hybridized carbons (Fsp3) is 0.600. The fourth-order valence-electron chi connectivity index (χ4n) is 1.75. The number of hydrogen-bond acceptors (Lipinski definition) is 1. The number of nitrogens with one attached hydrogen (secondary N) is 1. The Balaban J connectivity index is 1.92. The van der Waals surface area contributed by atoms with Crippen LogP contribution in [0.5, 0.6) is 0 Å². The highest BCUT2D eigenvalue weighted by atomic mass is 15.2. The highest BCUT2D eigenvalue weighted by Gasteiger charge is 2.13. The molecule has 66 valence electrons. The van der Waals surface area contributed by atoms with Crippen LogP contribution in [0.15, 0.2) is 12.1 Å². The highest BCUT2D eigenvalue weighted by Crippen LogP contribution is 2.15. The standard InChI is InChI=1S/C10H16N2/c1-2-3-6-12-7-9-4-5-10(8-12)11-9/h4-5,11H,2-3,6-8H2,1H3. The van der Waals surface area contributed by atoms with E-state index in [1.54, 1.807) is 0 Å². The zero-order valence-corrected chi connectivity index (χ0v) is 7.64. The van der Waals surface area contributed by atoms with E-state index in [-0.39, 0.29) is 0 Å². The van der Waals surface area contributed by atoms with Gasteiger partial charge in [0.05, 0.1) is 0 Å². The van der Waals surface area contributed by atoms with Crippen LogP contribution in [0.3, 0.4) is 0 Å². The maximum absolute atomic E-state index is 3.38. The molecule has 0 aliphatic carbocycles. The van der Waals surface area contributed by atoms with Gasteiger partial charge in [-0.25, -0.2) is 0 Å². The van der Waals surface area contributed by atoms with Crippen LogP contribution in [0.25, 0.3) is 0 Å². The van der Waals surface area contributed by atoms with Crippen molar-refractivity contribution in [2.75, 3.05) is 6.54 Å². The summed E-state index contributed by atoms with van der Waals surface area (Å²) in [5.74, 6) is 0. The fourth-order valence-corrected chi connectivity index (χ4v) is 1.75. The number of hydrogen-bond donors (Lipinski definition) is 1. The number of aromatic nitrogens is 1. The summed E-state index contributed by atoms with van der Waals surface area (Å²) in [5.41, 5.74) is 2.74. The lowest BCUT2D eigenvalue weighted by Gasteiger charge is -2.23. The molecule has 2 nitrogen and oxygen atoms in total. The van der Waals surface area contributed by atoms with Crippen molar-refractivity contribution < 1.29 is 0 Å². The molecule has 0 radical (unpaired) electrons. The summed E-state index contributed by atoms with van der Waals surface area (Å²) >= 11 is 0. The molecule has 12 heavy (non-hydrogen) atoms. The Morgan fingerprint density at radius 1 is 1.33 bits per heavy atom. The minimum atomic E-state index is 1.11. The maximum atomic E-state index is 3.38. The van der Waals surface area contributed by atoms with Crippen LogP contribution >= 0.6 is 0 Å². The SMILES string of the molecule is CCCCN1Cc2ccc([nH]2)C1. The lowest BCUT2D eigenvalue weighted by molar-refractivity contribution is 0.237. The Kier molecular flexibility index (Phi) is 2.17.